The molecular weight excluding hydrogens is 372 g/mol. The van der Waals surface area contributed by atoms with Crippen molar-refractivity contribution in [3.05, 3.63) is 57.0 Å². The second-order valence-electron chi connectivity index (χ2n) is 4.26. The molecule has 0 saturated heterocycles. The minimum atomic E-state index is -0.349. The third-order valence-corrected chi connectivity index (χ3v) is 3.61. The summed E-state index contributed by atoms with van der Waals surface area (Å²) in [4.78, 5) is 11.8. The molecule has 0 fully saturated rings. The van der Waals surface area contributed by atoms with Gasteiger partial charge in [0.1, 0.15) is 0 Å². The van der Waals surface area contributed by atoms with Gasteiger partial charge in [-0.25, -0.2) is 5.43 Å². The van der Waals surface area contributed by atoms with Crippen molar-refractivity contribution in [1.82, 2.24) is 5.43 Å². The Morgan fingerprint density at radius 3 is 2.68 bits per heavy atom. The topological polar surface area (TPSA) is 70.9 Å². The highest BCUT2D eigenvalue weighted by Crippen LogP contribution is 2.34. The van der Waals surface area contributed by atoms with Crippen molar-refractivity contribution in [3.63, 3.8) is 0 Å². The van der Waals surface area contributed by atoms with E-state index in [0.717, 1.165) is 0 Å². The van der Waals surface area contributed by atoms with E-state index >= 15 is 0 Å². The smallest absolute Gasteiger partial charge is 0.271 e. The lowest BCUT2D eigenvalue weighted by Crippen LogP contribution is -2.17. The number of nitrogens with one attached hydrogen (secondary N) is 1. The van der Waals surface area contributed by atoms with Gasteiger partial charge >= 0.3 is 0 Å². The number of hydrogen-bond donors (Lipinski definition) is 2. The Bertz CT molecular complexity index is 717. The zero-order valence-corrected chi connectivity index (χ0v) is 13.9. The van der Waals surface area contributed by atoms with Crippen molar-refractivity contribution >= 4 is 39.7 Å². The van der Waals surface area contributed by atoms with Crippen LogP contribution in [0.3, 0.4) is 0 Å². The van der Waals surface area contributed by atoms with E-state index in [1.165, 1.54) is 13.3 Å². The lowest BCUT2D eigenvalue weighted by Gasteiger charge is -2.06. The minimum Gasteiger partial charge on any atom is -0.503 e. The maximum absolute atomic E-state index is 11.8. The van der Waals surface area contributed by atoms with Crippen LogP contribution in [0.2, 0.25) is 5.02 Å². The highest BCUT2D eigenvalue weighted by atomic mass is 79.9. The number of ether oxygens (including phenoxy) is 1. The van der Waals surface area contributed by atoms with Crippen LogP contribution in [-0.4, -0.2) is 24.3 Å². The molecule has 0 spiro atoms. The number of rotatable bonds is 4. The molecule has 5 nitrogen and oxygen atoms in total. The number of amides is 1. The predicted octanol–water partition coefficient (Wildman–Crippen LogP) is 3.58. The van der Waals surface area contributed by atoms with Crippen molar-refractivity contribution in [1.29, 1.82) is 0 Å². The van der Waals surface area contributed by atoms with Crippen LogP contribution >= 0.6 is 27.5 Å². The zero-order chi connectivity index (χ0) is 16.1. The number of methoxy groups -OCH3 is 1. The van der Waals surface area contributed by atoms with E-state index in [1.54, 1.807) is 36.4 Å². The number of carbonyl (C=O) groups excluding carboxylic acids is 1. The van der Waals surface area contributed by atoms with Crippen molar-refractivity contribution in [2.24, 2.45) is 5.10 Å². The molecule has 0 aliphatic carbocycles. The van der Waals surface area contributed by atoms with Crippen LogP contribution in [0.4, 0.5) is 0 Å². The van der Waals surface area contributed by atoms with E-state index < -0.39 is 0 Å². The molecular formula is C15H12BrClN2O3. The summed E-state index contributed by atoms with van der Waals surface area (Å²) >= 11 is 8.97. The number of halogens is 2. The molecule has 2 rings (SSSR count). The highest BCUT2D eigenvalue weighted by Gasteiger charge is 2.08. The van der Waals surface area contributed by atoms with Gasteiger partial charge in [-0.1, -0.05) is 11.6 Å². The third-order valence-electron chi connectivity index (χ3n) is 2.76. The first kappa shape index (κ1) is 16.3. The quantitative estimate of drug-likeness (QED) is 0.626. The van der Waals surface area contributed by atoms with Gasteiger partial charge < -0.3 is 9.84 Å². The Hall–Kier alpha value is -2.05. The standard InChI is InChI=1S/C15H12BrClN2O3/c1-22-13-7-9(6-12(16)14(13)20)8-18-19-15(21)10-2-4-11(17)5-3-10/h2-8,20H,1H3,(H,19,21). The Kier molecular flexibility index (Phi) is 5.41. The van der Waals surface area contributed by atoms with Gasteiger partial charge in [0.05, 0.1) is 17.8 Å². The second kappa shape index (κ2) is 7.29. The molecule has 7 heteroatoms. The van der Waals surface area contributed by atoms with E-state index in [1.807, 2.05) is 0 Å². The van der Waals surface area contributed by atoms with E-state index in [-0.39, 0.29) is 11.7 Å². The Morgan fingerprint density at radius 2 is 2.05 bits per heavy atom. The molecule has 0 saturated carbocycles. The van der Waals surface area contributed by atoms with Crippen LogP contribution in [0.15, 0.2) is 46.0 Å². The van der Waals surface area contributed by atoms with Crippen molar-refractivity contribution in [2.45, 2.75) is 0 Å². The van der Waals surface area contributed by atoms with Gasteiger partial charge in [0.15, 0.2) is 11.5 Å². The van der Waals surface area contributed by atoms with Crippen molar-refractivity contribution in [3.8, 4) is 11.5 Å². The van der Waals surface area contributed by atoms with Gasteiger partial charge in [0, 0.05) is 10.6 Å². The Morgan fingerprint density at radius 1 is 1.36 bits per heavy atom. The SMILES string of the molecule is COc1cc(C=NNC(=O)c2ccc(Cl)cc2)cc(Br)c1O. The van der Waals surface area contributed by atoms with Crippen LogP contribution < -0.4 is 10.2 Å². The Balaban J connectivity index is 2.08. The van der Waals surface area contributed by atoms with Crippen molar-refractivity contribution in [2.75, 3.05) is 7.11 Å². The zero-order valence-electron chi connectivity index (χ0n) is 11.5. The third kappa shape index (κ3) is 3.99. The van der Waals surface area contributed by atoms with Gasteiger partial charge in [-0.3, -0.25) is 4.79 Å². The first-order chi connectivity index (χ1) is 10.5. The first-order valence-electron chi connectivity index (χ1n) is 6.16. The fourth-order valence-electron chi connectivity index (χ4n) is 1.66. The van der Waals surface area contributed by atoms with E-state index in [9.17, 15) is 9.90 Å². The lowest BCUT2D eigenvalue weighted by atomic mass is 10.2. The number of benzene rings is 2. The summed E-state index contributed by atoms with van der Waals surface area (Å²) in [6, 6.07) is 9.71. The summed E-state index contributed by atoms with van der Waals surface area (Å²) in [6.45, 7) is 0. The maximum atomic E-state index is 11.8. The fraction of sp³-hybridized carbons (Fsp3) is 0.0667. The predicted molar refractivity (Wildman–Crippen MR) is 88.9 cm³/mol. The molecule has 2 aromatic carbocycles. The first-order valence-corrected chi connectivity index (χ1v) is 7.34. The van der Waals surface area contributed by atoms with Gasteiger partial charge in [-0.15, -0.1) is 0 Å². The van der Waals surface area contributed by atoms with Gasteiger partial charge in [-0.2, -0.15) is 5.10 Å². The number of hydrogen-bond acceptors (Lipinski definition) is 4. The van der Waals surface area contributed by atoms with E-state index in [2.05, 4.69) is 26.5 Å². The van der Waals surface area contributed by atoms with Gasteiger partial charge in [-0.05, 0) is 57.9 Å². The summed E-state index contributed by atoms with van der Waals surface area (Å²) in [5.41, 5.74) is 3.51. The number of carbonyl (C=O) groups is 1. The summed E-state index contributed by atoms with van der Waals surface area (Å²) in [6.07, 6.45) is 1.44. The molecule has 0 aromatic heterocycles. The monoisotopic (exact) mass is 382 g/mol. The number of phenolic OH excluding ortho intramolecular Hbond substituents is 1. The molecule has 0 bridgehead atoms. The van der Waals surface area contributed by atoms with Gasteiger partial charge in [0.2, 0.25) is 0 Å². The normalized spacial score (nSPS) is 10.7. The molecule has 0 heterocycles. The van der Waals surface area contributed by atoms with Crippen LogP contribution in [0.1, 0.15) is 15.9 Å². The van der Waals surface area contributed by atoms with E-state index in [4.69, 9.17) is 16.3 Å². The number of phenols is 1. The Labute approximate surface area is 140 Å². The fourth-order valence-corrected chi connectivity index (χ4v) is 2.24. The van der Waals surface area contributed by atoms with Gasteiger partial charge in [0.25, 0.3) is 5.91 Å². The summed E-state index contributed by atoms with van der Waals surface area (Å²) in [5, 5.41) is 14.1. The largest absolute Gasteiger partial charge is 0.503 e. The molecule has 114 valence electrons. The molecule has 0 radical (unpaired) electrons. The molecule has 0 aliphatic rings. The summed E-state index contributed by atoms with van der Waals surface area (Å²) in [7, 11) is 1.45. The summed E-state index contributed by atoms with van der Waals surface area (Å²) in [5.74, 6) is -0.0394. The number of hydrazone groups is 1. The highest BCUT2D eigenvalue weighted by molar-refractivity contribution is 9.10. The number of aromatic hydroxyl groups is 1. The van der Waals surface area contributed by atoms with Crippen LogP contribution in [0.25, 0.3) is 0 Å². The number of nitrogens with zero attached hydrogens (tertiary/aromatic N) is 1. The molecule has 0 aliphatic heterocycles. The van der Waals surface area contributed by atoms with Crippen LogP contribution in [-0.2, 0) is 0 Å². The molecule has 2 aromatic rings. The van der Waals surface area contributed by atoms with Crippen LogP contribution in [0, 0.1) is 0 Å². The van der Waals surface area contributed by atoms with Crippen molar-refractivity contribution < 1.29 is 14.6 Å². The van der Waals surface area contributed by atoms with E-state index in [0.29, 0.717) is 26.4 Å². The molecule has 0 unspecified atom stereocenters. The van der Waals surface area contributed by atoms with Crippen LogP contribution in [0.5, 0.6) is 11.5 Å². The molecule has 22 heavy (non-hydrogen) atoms. The second-order valence-corrected chi connectivity index (χ2v) is 5.55. The molecule has 1 amide bonds. The maximum Gasteiger partial charge on any atom is 0.271 e. The molecule has 0 atom stereocenters. The lowest BCUT2D eigenvalue weighted by molar-refractivity contribution is 0.0955. The summed E-state index contributed by atoms with van der Waals surface area (Å²) < 4.78 is 5.50. The average Bonchev–Trinajstić information content (AvgIpc) is 2.51. The molecule has 2 N–H and O–H groups in total. The average molecular weight is 384 g/mol. The minimum absolute atomic E-state index is 0.00449.